The van der Waals surface area contributed by atoms with Crippen molar-refractivity contribution < 1.29 is 17.1 Å². The van der Waals surface area contributed by atoms with Crippen LogP contribution >= 0.6 is 0 Å². The first-order valence-electron chi connectivity index (χ1n) is 3.63. The Kier molecular flexibility index (Phi) is 35.6. The summed E-state index contributed by atoms with van der Waals surface area (Å²) in [5.41, 5.74) is 20.2. The first-order valence-corrected chi connectivity index (χ1v) is 3.63. The summed E-state index contributed by atoms with van der Waals surface area (Å²) in [7, 11) is 0. The Hall–Kier alpha value is 0.359. The van der Waals surface area contributed by atoms with Crippen LogP contribution in [-0.2, 0) is 17.1 Å². The van der Waals surface area contributed by atoms with Crippen molar-refractivity contribution >= 4 is 0 Å². The van der Waals surface area contributed by atoms with Gasteiger partial charge in [-0.15, -0.1) is 0 Å². The molecule has 0 rings (SSSR count). The summed E-state index contributed by atoms with van der Waals surface area (Å²) in [6.45, 7) is 2.88. The minimum atomic E-state index is 0. The van der Waals surface area contributed by atoms with Crippen LogP contribution in [0.3, 0.4) is 0 Å². The Bertz CT molecular complexity index is 35.6. The van der Waals surface area contributed by atoms with E-state index in [1.165, 1.54) is 0 Å². The number of rotatable bonds is 4. The van der Waals surface area contributed by atoms with Crippen LogP contribution in [-0.4, -0.2) is 26.2 Å². The van der Waals surface area contributed by atoms with E-state index in [9.17, 15) is 0 Å². The molecule has 0 atom stereocenters. The quantitative estimate of drug-likeness (QED) is 0.429. The molecule has 0 saturated carbocycles. The van der Waals surface area contributed by atoms with Gasteiger partial charge in [0.2, 0.25) is 0 Å². The SMILES string of the molecule is NCCCN.NCCCN.[Cu]. The molecule has 0 unspecified atom stereocenters. The van der Waals surface area contributed by atoms with E-state index in [0.717, 1.165) is 39.0 Å². The predicted molar refractivity (Wildman–Crippen MR) is 45.5 cm³/mol. The van der Waals surface area contributed by atoms with Gasteiger partial charge in [0, 0.05) is 17.1 Å². The normalized spacial score (nSPS) is 7.64. The van der Waals surface area contributed by atoms with E-state index >= 15 is 0 Å². The predicted octanol–water partition coefficient (Wildman–Crippen LogP) is -1.41. The van der Waals surface area contributed by atoms with Gasteiger partial charge in [-0.3, -0.25) is 0 Å². The second-order valence-corrected chi connectivity index (χ2v) is 1.86. The molecule has 0 aromatic heterocycles. The van der Waals surface area contributed by atoms with Crippen LogP contribution in [0, 0.1) is 0 Å². The Morgan fingerprint density at radius 2 is 0.727 bits per heavy atom. The van der Waals surface area contributed by atoms with Crippen LogP contribution < -0.4 is 22.9 Å². The van der Waals surface area contributed by atoms with Gasteiger partial charge in [0.25, 0.3) is 0 Å². The standard InChI is InChI=1S/2C3H10N2.Cu/c2*4-2-1-3-5;/h2*1-5H2;. The Balaban J connectivity index is -0.000000107. The topological polar surface area (TPSA) is 104 Å². The molecule has 0 amide bonds. The summed E-state index contributed by atoms with van der Waals surface area (Å²) in [6, 6.07) is 0. The van der Waals surface area contributed by atoms with E-state index in [2.05, 4.69) is 0 Å². The Morgan fingerprint density at radius 1 is 0.545 bits per heavy atom. The largest absolute Gasteiger partial charge is 0.330 e. The van der Waals surface area contributed by atoms with E-state index in [1.807, 2.05) is 0 Å². The second-order valence-electron chi connectivity index (χ2n) is 1.86. The van der Waals surface area contributed by atoms with Gasteiger partial charge in [-0.25, -0.2) is 0 Å². The van der Waals surface area contributed by atoms with Gasteiger partial charge in [-0.1, -0.05) is 0 Å². The zero-order valence-corrected chi connectivity index (χ0v) is 7.80. The second kappa shape index (κ2) is 22.4. The minimum absolute atomic E-state index is 0. The molecule has 0 heterocycles. The summed E-state index contributed by atoms with van der Waals surface area (Å²) in [5, 5.41) is 0. The first kappa shape index (κ1) is 17.4. The molecule has 0 saturated heterocycles. The zero-order chi connectivity index (χ0) is 8.24. The van der Waals surface area contributed by atoms with E-state index in [1.54, 1.807) is 0 Å². The summed E-state index contributed by atoms with van der Waals surface area (Å²) in [6.07, 6.45) is 1.89. The molecule has 4 nitrogen and oxygen atoms in total. The molecule has 8 N–H and O–H groups in total. The molecular formula is C6H20CuN4. The van der Waals surface area contributed by atoms with Crippen LogP contribution in [0.2, 0.25) is 0 Å². The monoisotopic (exact) mass is 211 g/mol. The van der Waals surface area contributed by atoms with Gasteiger partial charge in [0.05, 0.1) is 0 Å². The van der Waals surface area contributed by atoms with Crippen molar-refractivity contribution in [2.75, 3.05) is 26.2 Å². The van der Waals surface area contributed by atoms with Crippen molar-refractivity contribution in [2.24, 2.45) is 22.9 Å². The molecule has 11 heavy (non-hydrogen) atoms. The van der Waals surface area contributed by atoms with E-state index < -0.39 is 0 Å². The van der Waals surface area contributed by atoms with Crippen LogP contribution in [0.25, 0.3) is 0 Å². The maximum Gasteiger partial charge on any atom is 0 e. The van der Waals surface area contributed by atoms with Gasteiger partial charge in [0.1, 0.15) is 0 Å². The molecule has 0 aromatic rings. The zero-order valence-electron chi connectivity index (χ0n) is 6.85. The van der Waals surface area contributed by atoms with E-state index in [0.29, 0.717) is 0 Å². The van der Waals surface area contributed by atoms with Crippen LogP contribution in [0.4, 0.5) is 0 Å². The molecule has 0 aliphatic heterocycles. The molecule has 0 aliphatic carbocycles. The third-order valence-electron chi connectivity index (χ3n) is 0.816. The first-order chi connectivity index (χ1) is 4.83. The van der Waals surface area contributed by atoms with E-state index in [4.69, 9.17) is 22.9 Å². The maximum atomic E-state index is 5.06. The maximum absolute atomic E-state index is 5.06. The van der Waals surface area contributed by atoms with Gasteiger partial charge >= 0.3 is 0 Å². The summed E-state index contributed by atoms with van der Waals surface area (Å²) in [5.74, 6) is 0. The van der Waals surface area contributed by atoms with Gasteiger partial charge in [-0.05, 0) is 39.0 Å². The molecule has 5 heteroatoms. The summed E-state index contributed by atoms with van der Waals surface area (Å²) in [4.78, 5) is 0. The Labute approximate surface area is 79.5 Å². The molecule has 75 valence electrons. The third-order valence-corrected chi connectivity index (χ3v) is 0.816. The molecule has 0 fully saturated rings. The number of nitrogens with two attached hydrogens (primary N) is 4. The average Bonchev–Trinajstić information content (AvgIpc) is 1.93. The summed E-state index contributed by atoms with van der Waals surface area (Å²) < 4.78 is 0. The van der Waals surface area contributed by atoms with E-state index in [-0.39, 0.29) is 17.1 Å². The van der Waals surface area contributed by atoms with Gasteiger partial charge < -0.3 is 22.9 Å². The van der Waals surface area contributed by atoms with Crippen molar-refractivity contribution in [1.82, 2.24) is 0 Å². The van der Waals surface area contributed by atoms with Gasteiger partial charge in [0.15, 0.2) is 0 Å². The summed E-state index contributed by atoms with van der Waals surface area (Å²) >= 11 is 0. The fourth-order valence-electron chi connectivity index (χ4n) is 0.236. The fourth-order valence-corrected chi connectivity index (χ4v) is 0.236. The van der Waals surface area contributed by atoms with Crippen LogP contribution in [0.5, 0.6) is 0 Å². The van der Waals surface area contributed by atoms with Crippen molar-refractivity contribution in [3.8, 4) is 0 Å². The molecular weight excluding hydrogens is 192 g/mol. The molecule has 1 radical (unpaired) electrons. The molecule has 0 bridgehead atoms. The number of hydrogen-bond acceptors (Lipinski definition) is 4. The number of hydrogen-bond donors (Lipinski definition) is 4. The van der Waals surface area contributed by atoms with Crippen molar-refractivity contribution in [2.45, 2.75) is 12.8 Å². The van der Waals surface area contributed by atoms with Crippen molar-refractivity contribution in [3.63, 3.8) is 0 Å². The molecule has 0 aliphatic rings. The molecule has 0 spiro atoms. The Morgan fingerprint density at radius 3 is 0.727 bits per heavy atom. The van der Waals surface area contributed by atoms with Crippen LogP contribution in [0.15, 0.2) is 0 Å². The smallest absolute Gasteiger partial charge is 0 e. The fraction of sp³-hybridized carbons (Fsp3) is 1.00. The van der Waals surface area contributed by atoms with Crippen molar-refractivity contribution in [3.05, 3.63) is 0 Å². The average molecular weight is 212 g/mol. The minimum Gasteiger partial charge on any atom is -0.330 e. The van der Waals surface area contributed by atoms with Crippen LogP contribution in [0.1, 0.15) is 12.8 Å². The third kappa shape index (κ3) is 38.1. The van der Waals surface area contributed by atoms with Crippen molar-refractivity contribution in [1.29, 1.82) is 0 Å². The van der Waals surface area contributed by atoms with Gasteiger partial charge in [-0.2, -0.15) is 0 Å². The molecule has 0 aromatic carbocycles.